The molecule has 0 saturated heterocycles. The second-order valence-corrected chi connectivity index (χ2v) is 4.99. The average Bonchev–Trinajstić information content (AvgIpc) is 2.43. The third-order valence-corrected chi connectivity index (χ3v) is 3.15. The molecule has 106 valence electrons. The summed E-state index contributed by atoms with van der Waals surface area (Å²) in [5.41, 5.74) is 3.36. The summed E-state index contributed by atoms with van der Waals surface area (Å²) in [6, 6.07) is 6.35. The highest BCUT2D eigenvalue weighted by atomic mass is 32.1. The van der Waals surface area contributed by atoms with Crippen LogP contribution in [-0.2, 0) is 6.54 Å². The third-order valence-electron chi connectivity index (χ3n) is 2.85. The number of nitrogens with one attached hydrogen (secondary N) is 1. The maximum absolute atomic E-state index is 12.8. The van der Waals surface area contributed by atoms with Crippen LogP contribution in [0.25, 0.3) is 0 Å². The Balaban J connectivity index is 2.80. The van der Waals surface area contributed by atoms with Gasteiger partial charge >= 0.3 is 0 Å². The van der Waals surface area contributed by atoms with Crippen LogP contribution in [0.15, 0.2) is 52.8 Å². The van der Waals surface area contributed by atoms with E-state index in [9.17, 15) is 4.39 Å². The Bertz CT molecular complexity index is 556. The van der Waals surface area contributed by atoms with Gasteiger partial charge in [-0.1, -0.05) is 30.9 Å². The van der Waals surface area contributed by atoms with Crippen LogP contribution in [0.5, 0.6) is 0 Å². The zero-order valence-corrected chi connectivity index (χ0v) is 12.9. The van der Waals surface area contributed by atoms with E-state index >= 15 is 0 Å². The van der Waals surface area contributed by atoms with Gasteiger partial charge in [-0.05, 0) is 44.0 Å². The Morgan fingerprint density at radius 1 is 1.35 bits per heavy atom. The second kappa shape index (κ2) is 7.70. The van der Waals surface area contributed by atoms with Gasteiger partial charge in [0.1, 0.15) is 5.82 Å². The number of thiocarbonyl (C=S) groups is 1. The van der Waals surface area contributed by atoms with Crippen molar-refractivity contribution in [2.45, 2.75) is 27.3 Å². The number of allylic oxidation sites excluding steroid dienone is 1. The van der Waals surface area contributed by atoms with E-state index < -0.39 is 0 Å². The van der Waals surface area contributed by atoms with Crippen LogP contribution in [0.2, 0.25) is 0 Å². The van der Waals surface area contributed by atoms with Crippen molar-refractivity contribution in [3.8, 4) is 0 Å². The number of halogens is 1. The number of nitrogens with zero attached hydrogens (tertiary/aromatic N) is 1. The monoisotopic (exact) mass is 290 g/mol. The average molecular weight is 290 g/mol. The highest BCUT2D eigenvalue weighted by molar-refractivity contribution is 7.80. The highest BCUT2D eigenvalue weighted by Crippen LogP contribution is 2.15. The molecule has 1 rings (SSSR count). The lowest BCUT2D eigenvalue weighted by Gasteiger charge is -2.13. The van der Waals surface area contributed by atoms with Crippen LogP contribution >= 0.6 is 12.2 Å². The summed E-state index contributed by atoms with van der Waals surface area (Å²) in [5.74, 6) is -0.240. The smallest absolute Gasteiger partial charge is 0.123 e. The first kappa shape index (κ1) is 16.2. The molecule has 0 saturated carbocycles. The molecule has 0 aliphatic rings. The van der Waals surface area contributed by atoms with Crippen molar-refractivity contribution < 1.29 is 4.39 Å². The van der Waals surface area contributed by atoms with Gasteiger partial charge in [-0.25, -0.2) is 4.39 Å². The van der Waals surface area contributed by atoms with E-state index in [2.05, 4.69) is 16.9 Å². The van der Waals surface area contributed by atoms with E-state index in [0.29, 0.717) is 12.2 Å². The fourth-order valence-electron chi connectivity index (χ4n) is 1.59. The lowest BCUT2D eigenvalue weighted by atomic mass is 10.1. The molecule has 2 nitrogen and oxygen atoms in total. The molecule has 0 aliphatic carbocycles. The van der Waals surface area contributed by atoms with Crippen molar-refractivity contribution in [1.29, 1.82) is 0 Å². The number of hydrogen-bond acceptors (Lipinski definition) is 3. The SMILES string of the molecule is C=C(NCc1ccc(F)cc1)/C(N=CC)=C(\C)C(C)=S. The molecule has 1 aromatic rings. The molecule has 1 aromatic carbocycles. The van der Waals surface area contributed by atoms with Crippen LogP contribution in [-0.4, -0.2) is 11.1 Å². The van der Waals surface area contributed by atoms with Gasteiger partial charge < -0.3 is 5.32 Å². The number of rotatable bonds is 6. The predicted octanol–water partition coefficient (Wildman–Crippen LogP) is 4.18. The summed E-state index contributed by atoms with van der Waals surface area (Å²) < 4.78 is 12.8. The number of aliphatic imine (C=N–C) groups is 1. The molecule has 0 aliphatic heterocycles. The lowest BCUT2D eigenvalue weighted by molar-refractivity contribution is 0.626. The minimum Gasteiger partial charge on any atom is -0.380 e. The standard InChI is InChI=1S/C16H19FN2S/c1-5-18-16(11(2)13(4)20)12(3)19-10-14-6-8-15(17)9-7-14/h5-9,19H,3,10H2,1-2,4H3/b16-11-,18-5?. The van der Waals surface area contributed by atoms with Crippen molar-refractivity contribution in [1.82, 2.24) is 5.32 Å². The predicted molar refractivity (Wildman–Crippen MR) is 87.5 cm³/mol. The molecule has 4 heteroatoms. The van der Waals surface area contributed by atoms with E-state index in [1.165, 1.54) is 12.1 Å². The van der Waals surface area contributed by atoms with Gasteiger partial charge in [0.2, 0.25) is 0 Å². The maximum Gasteiger partial charge on any atom is 0.123 e. The van der Waals surface area contributed by atoms with Crippen molar-refractivity contribution in [2.75, 3.05) is 0 Å². The van der Waals surface area contributed by atoms with Crippen molar-refractivity contribution >= 4 is 23.3 Å². The lowest BCUT2D eigenvalue weighted by Crippen LogP contribution is -2.15. The van der Waals surface area contributed by atoms with Gasteiger partial charge in [0.05, 0.1) is 11.4 Å². The molecule has 20 heavy (non-hydrogen) atoms. The maximum atomic E-state index is 12.8. The van der Waals surface area contributed by atoms with E-state index in [-0.39, 0.29) is 5.82 Å². The molecule has 0 radical (unpaired) electrons. The number of hydrogen-bond donors (Lipinski definition) is 1. The quantitative estimate of drug-likeness (QED) is 0.368. The third kappa shape index (κ3) is 4.70. The van der Waals surface area contributed by atoms with E-state index in [4.69, 9.17) is 12.2 Å². The second-order valence-electron chi connectivity index (χ2n) is 4.38. The molecular formula is C16H19FN2S. The Labute approximate surface area is 125 Å². The summed E-state index contributed by atoms with van der Waals surface area (Å²) in [6.07, 6.45) is 1.71. The van der Waals surface area contributed by atoms with Gasteiger partial charge in [0.25, 0.3) is 0 Å². The Hall–Kier alpha value is -1.81. The summed E-state index contributed by atoms with van der Waals surface area (Å²) in [5, 5.41) is 3.19. The molecular weight excluding hydrogens is 271 g/mol. The Kier molecular flexibility index (Phi) is 6.25. The van der Waals surface area contributed by atoms with Gasteiger partial charge in [-0.3, -0.25) is 4.99 Å². The number of benzene rings is 1. The van der Waals surface area contributed by atoms with Crippen molar-refractivity contribution in [3.05, 3.63) is 59.2 Å². The first-order chi connectivity index (χ1) is 9.45. The molecule has 0 atom stereocenters. The fraction of sp³-hybridized carbons (Fsp3) is 0.250. The Morgan fingerprint density at radius 3 is 2.45 bits per heavy atom. The summed E-state index contributed by atoms with van der Waals surface area (Å²) in [6.45, 7) is 10.2. The van der Waals surface area contributed by atoms with E-state index in [1.807, 2.05) is 20.8 Å². The summed E-state index contributed by atoms with van der Waals surface area (Å²) >= 11 is 5.18. The molecule has 0 unspecified atom stereocenters. The Morgan fingerprint density at radius 2 is 1.95 bits per heavy atom. The molecule has 0 amide bonds. The van der Waals surface area contributed by atoms with E-state index in [0.717, 1.165) is 21.7 Å². The van der Waals surface area contributed by atoms with E-state index in [1.54, 1.807) is 18.3 Å². The molecule has 0 fully saturated rings. The minimum absolute atomic E-state index is 0.240. The van der Waals surface area contributed by atoms with Gasteiger partial charge in [-0.2, -0.15) is 0 Å². The van der Waals surface area contributed by atoms with Gasteiger partial charge in [0.15, 0.2) is 0 Å². The zero-order valence-electron chi connectivity index (χ0n) is 12.0. The van der Waals surface area contributed by atoms with Gasteiger partial charge in [-0.15, -0.1) is 0 Å². The summed E-state index contributed by atoms with van der Waals surface area (Å²) in [7, 11) is 0. The molecule has 0 aromatic heterocycles. The molecule has 0 heterocycles. The largest absolute Gasteiger partial charge is 0.380 e. The molecule has 0 spiro atoms. The van der Waals surface area contributed by atoms with Crippen LogP contribution in [0.3, 0.4) is 0 Å². The van der Waals surface area contributed by atoms with Crippen molar-refractivity contribution in [3.63, 3.8) is 0 Å². The first-order valence-corrected chi connectivity index (χ1v) is 6.74. The highest BCUT2D eigenvalue weighted by Gasteiger charge is 2.07. The topological polar surface area (TPSA) is 24.4 Å². The normalized spacial score (nSPS) is 12.2. The fourth-order valence-corrected chi connectivity index (χ4v) is 1.69. The van der Waals surface area contributed by atoms with Crippen molar-refractivity contribution in [2.24, 2.45) is 4.99 Å². The zero-order chi connectivity index (χ0) is 15.1. The van der Waals surface area contributed by atoms with Crippen LogP contribution < -0.4 is 5.32 Å². The minimum atomic E-state index is -0.240. The molecule has 1 N–H and O–H groups in total. The van der Waals surface area contributed by atoms with Crippen LogP contribution in [0.1, 0.15) is 26.3 Å². The van der Waals surface area contributed by atoms with Crippen LogP contribution in [0.4, 0.5) is 4.39 Å². The van der Waals surface area contributed by atoms with Crippen LogP contribution in [0, 0.1) is 5.82 Å². The molecule has 0 bridgehead atoms. The first-order valence-electron chi connectivity index (χ1n) is 6.33. The summed E-state index contributed by atoms with van der Waals surface area (Å²) in [4.78, 5) is 5.10. The van der Waals surface area contributed by atoms with Gasteiger partial charge in [0, 0.05) is 17.6 Å².